The molecule has 0 unspecified atom stereocenters. The molecular weight excluding hydrogens is 617 g/mol. The van der Waals surface area contributed by atoms with Crippen LogP contribution in [-0.4, -0.2) is 49.1 Å². The van der Waals surface area contributed by atoms with Crippen molar-refractivity contribution >= 4 is 48.5 Å². The Kier molecular flexibility index (Phi) is 9.62. The van der Waals surface area contributed by atoms with Crippen LogP contribution in [0.25, 0.3) is 27.8 Å². The number of rotatable bonds is 5. The van der Waals surface area contributed by atoms with E-state index < -0.39 is 31.5 Å². The van der Waals surface area contributed by atoms with Crippen LogP contribution in [0.5, 0.6) is 0 Å². The van der Waals surface area contributed by atoms with Crippen LogP contribution in [0.1, 0.15) is 5.69 Å². The van der Waals surface area contributed by atoms with Crippen molar-refractivity contribution in [2.75, 3.05) is 17.9 Å². The average molecular weight is 641 g/mol. The van der Waals surface area contributed by atoms with Crippen LogP contribution in [0.15, 0.2) is 95.1 Å². The van der Waals surface area contributed by atoms with E-state index in [0.29, 0.717) is 11.3 Å². The zero-order valence-corrected chi connectivity index (χ0v) is 24.4. The molecule has 3 N–H and O–H groups in total. The number of hydrogen-bond acceptors (Lipinski definition) is 9. The van der Waals surface area contributed by atoms with Gasteiger partial charge in [-0.25, -0.2) is 31.5 Å². The fourth-order valence-electron chi connectivity index (χ4n) is 3.65. The molecule has 3 heterocycles. The molecule has 3 aromatic heterocycles. The predicted octanol–water partition coefficient (Wildman–Crippen LogP) is 4.70. The molecule has 222 valence electrons. The Balaban J connectivity index is 0.000000315. The number of sulfone groups is 2. The summed E-state index contributed by atoms with van der Waals surface area (Å²) in [5, 5.41) is 5.54. The first kappa shape index (κ1) is 32.5. The largest absolute Gasteiger partial charge is 0.435 e. The first-order chi connectivity index (χ1) is 19.2. The van der Waals surface area contributed by atoms with Crippen molar-refractivity contribution in [1.29, 1.82) is 0 Å². The third kappa shape index (κ3) is 7.61. The number of benzene rings is 2. The van der Waals surface area contributed by atoms with E-state index in [1.54, 1.807) is 18.2 Å². The van der Waals surface area contributed by atoms with E-state index in [1.807, 2.05) is 30.3 Å². The lowest BCUT2D eigenvalue weighted by atomic mass is 10.0. The van der Waals surface area contributed by atoms with Gasteiger partial charge in [0.2, 0.25) is 0 Å². The maximum absolute atomic E-state index is 13.3. The minimum absolute atomic E-state index is 0. The smallest absolute Gasteiger partial charge is 0.323 e. The Labute approximate surface area is 245 Å². The van der Waals surface area contributed by atoms with E-state index in [1.165, 1.54) is 24.4 Å². The lowest BCUT2D eigenvalue weighted by Gasteiger charge is -2.08. The van der Waals surface area contributed by atoms with Crippen LogP contribution >= 0.6 is 12.4 Å². The number of nitrogens with one attached hydrogen (secondary N) is 1. The zero-order valence-electron chi connectivity index (χ0n) is 21.9. The summed E-state index contributed by atoms with van der Waals surface area (Å²) >= 11 is 0. The second-order valence-corrected chi connectivity index (χ2v) is 12.8. The second kappa shape index (κ2) is 12.4. The van der Waals surface area contributed by atoms with Gasteiger partial charge >= 0.3 is 6.18 Å². The van der Waals surface area contributed by atoms with E-state index in [-0.39, 0.29) is 33.8 Å². The maximum Gasteiger partial charge on any atom is 0.435 e. The highest BCUT2D eigenvalue weighted by Crippen LogP contribution is 2.34. The van der Waals surface area contributed by atoms with Crippen LogP contribution in [0.2, 0.25) is 0 Å². The first-order valence-electron chi connectivity index (χ1n) is 11.6. The topological polar surface area (TPSA) is 150 Å². The van der Waals surface area contributed by atoms with E-state index in [9.17, 15) is 30.0 Å². The Bertz CT molecular complexity index is 1910. The highest BCUT2D eigenvalue weighted by Gasteiger charge is 2.35. The molecule has 0 aliphatic heterocycles. The van der Waals surface area contributed by atoms with Gasteiger partial charge in [-0.1, -0.05) is 36.4 Å². The Morgan fingerprint density at radius 2 is 1.50 bits per heavy atom. The fraction of sp³-hybridized carbons (Fsp3) is 0.115. The van der Waals surface area contributed by atoms with Crippen LogP contribution in [0.4, 0.5) is 18.9 Å². The van der Waals surface area contributed by atoms with E-state index in [0.717, 1.165) is 40.2 Å². The highest BCUT2D eigenvalue weighted by atomic mass is 35.5. The van der Waals surface area contributed by atoms with Crippen molar-refractivity contribution in [1.82, 2.24) is 19.7 Å². The van der Waals surface area contributed by atoms with Gasteiger partial charge in [-0.2, -0.15) is 18.3 Å². The molecule has 0 aliphatic carbocycles. The van der Waals surface area contributed by atoms with Gasteiger partial charge in [0.1, 0.15) is 0 Å². The molecule has 0 aliphatic rings. The van der Waals surface area contributed by atoms with Crippen LogP contribution < -0.4 is 11.3 Å². The van der Waals surface area contributed by atoms with Gasteiger partial charge < -0.3 is 5.43 Å². The lowest BCUT2D eigenvalue weighted by molar-refractivity contribution is -0.141. The van der Waals surface area contributed by atoms with Crippen molar-refractivity contribution in [2.24, 2.45) is 5.84 Å². The molecule has 0 amide bonds. The molecular formula is C26H24ClF3N6O4S2. The van der Waals surface area contributed by atoms with Crippen molar-refractivity contribution in [3.8, 4) is 17.1 Å². The number of alkyl halides is 3. The van der Waals surface area contributed by atoms with E-state index in [4.69, 9.17) is 5.84 Å². The summed E-state index contributed by atoms with van der Waals surface area (Å²) in [7, 11) is -6.69. The number of hydrogen-bond donors (Lipinski definition) is 2. The fourth-order valence-corrected chi connectivity index (χ4v) is 4.77. The molecule has 0 atom stereocenters. The van der Waals surface area contributed by atoms with E-state index >= 15 is 0 Å². The molecule has 0 fully saturated rings. The summed E-state index contributed by atoms with van der Waals surface area (Å²) in [5.74, 6) is 5.15. The van der Waals surface area contributed by atoms with Crippen LogP contribution in [-0.2, 0) is 25.9 Å². The molecule has 0 saturated carbocycles. The minimum atomic E-state index is -4.64. The van der Waals surface area contributed by atoms with Gasteiger partial charge in [-0.05, 0) is 47.2 Å². The second-order valence-electron chi connectivity index (χ2n) is 8.81. The average Bonchev–Trinajstić information content (AvgIpc) is 3.39. The van der Waals surface area contributed by atoms with Gasteiger partial charge in [-0.3, -0.25) is 5.84 Å². The number of aromatic nitrogens is 4. The molecule has 10 nitrogen and oxygen atoms in total. The van der Waals surface area contributed by atoms with Crippen molar-refractivity contribution < 1.29 is 30.0 Å². The van der Waals surface area contributed by atoms with Crippen LogP contribution in [0, 0.1) is 0 Å². The van der Waals surface area contributed by atoms with Gasteiger partial charge in [0.25, 0.3) is 0 Å². The van der Waals surface area contributed by atoms with Gasteiger partial charge in [0.15, 0.2) is 36.2 Å². The minimum Gasteiger partial charge on any atom is -0.323 e. The number of nitrogen functional groups attached to an aromatic ring is 1. The number of anilines is 1. The van der Waals surface area contributed by atoms with Gasteiger partial charge in [-0.15, -0.1) is 12.4 Å². The SMILES string of the molecule is CS(=O)(=O)c1ccc(-n2nc(C(F)(F)F)cc2-c2ccc3ccccc3c2)nc1.CS(=O)(=O)c1ccc(NN)cn1.Cl. The maximum atomic E-state index is 13.3. The summed E-state index contributed by atoms with van der Waals surface area (Å²) in [5.41, 5.74) is 2.58. The Hall–Kier alpha value is -4.05. The summed E-state index contributed by atoms with van der Waals surface area (Å²) in [4.78, 5) is 7.67. The number of pyridine rings is 2. The summed E-state index contributed by atoms with van der Waals surface area (Å²) in [6.45, 7) is 0. The summed E-state index contributed by atoms with van der Waals surface area (Å²) in [6, 6.07) is 19.3. The number of nitrogens with two attached hydrogens (primary N) is 1. The van der Waals surface area contributed by atoms with Crippen LogP contribution in [0.3, 0.4) is 0 Å². The van der Waals surface area contributed by atoms with Gasteiger partial charge in [0, 0.05) is 24.3 Å². The number of fused-ring (bicyclic) bond motifs is 1. The number of nitrogens with zero attached hydrogens (tertiary/aromatic N) is 4. The molecule has 5 aromatic rings. The van der Waals surface area contributed by atoms with Gasteiger partial charge in [0.05, 0.1) is 22.5 Å². The molecule has 0 spiro atoms. The molecule has 0 bridgehead atoms. The lowest BCUT2D eigenvalue weighted by Crippen LogP contribution is -2.08. The quantitative estimate of drug-likeness (QED) is 0.206. The van der Waals surface area contributed by atoms with Crippen molar-refractivity contribution in [2.45, 2.75) is 16.1 Å². The Morgan fingerprint density at radius 1 is 0.810 bits per heavy atom. The zero-order chi connectivity index (χ0) is 30.0. The standard InChI is InChI=1S/C20H14F3N3O2S.C6H9N3O2S.ClH/c1-29(27,28)16-8-9-19(24-12-16)26-17(11-18(25-26)20(21,22)23)15-7-6-13-4-2-3-5-14(13)10-15;1-12(10,11)6-3-2-5(9-7)4-8-6;/h2-12H,1H3;2-4,9H,7H2,1H3;1H. The highest BCUT2D eigenvalue weighted by molar-refractivity contribution is 7.91. The third-order valence-electron chi connectivity index (χ3n) is 5.69. The molecule has 2 aromatic carbocycles. The molecule has 42 heavy (non-hydrogen) atoms. The number of halogens is 4. The summed E-state index contributed by atoms with van der Waals surface area (Å²) < 4.78 is 86.1. The third-order valence-corrected chi connectivity index (χ3v) is 7.79. The predicted molar refractivity (Wildman–Crippen MR) is 155 cm³/mol. The summed E-state index contributed by atoms with van der Waals surface area (Å²) in [6.07, 6.45) is -0.0472. The number of hydrazine groups is 1. The van der Waals surface area contributed by atoms with Crippen molar-refractivity contribution in [3.05, 3.63) is 90.9 Å². The Morgan fingerprint density at radius 3 is 2.02 bits per heavy atom. The molecule has 0 radical (unpaired) electrons. The molecule has 16 heteroatoms. The first-order valence-corrected chi connectivity index (χ1v) is 15.4. The monoisotopic (exact) mass is 640 g/mol. The van der Waals surface area contributed by atoms with E-state index in [2.05, 4.69) is 20.5 Å². The molecule has 5 rings (SSSR count). The molecule has 0 saturated heterocycles. The normalized spacial score (nSPS) is 11.8. The van der Waals surface area contributed by atoms with Crippen molar-refractivity contribution in [3.63, 3.8) is 0 Å².